The molecule has 26 heavy (non-hydrogen) atoms. The van der Waals surface area contributed by atoms with Gasteiger partial charge in [0, 0.05) is 12.4 Å². The third-order valence-corrected chi connectivity index (χ3v) is 4.70. The first-order valence-corrected chi connectivity index (χ1v) is 8.81. The van der Waals surface area contributed by atoms with Crippen molar-refractivity contribution in [3.05, 3.63) is 95.8 Å². The number of pyridine rings is 1. The Hall–Kier alpha value is -2.65. The van der Waals surface area contributed by atoms with Gasteiger partial charge in [0.2, 0.25) is 0 Å². The van der Waals surface area contributed by atoms with Crippen LogP contribution >= 0.6 is 0 Å². The number of nitrogens with zero attached hydrogens (tertiary/aromatic N) is 1. The van der Waals surface area contributed by atoms with E-state index in [0.717, 1.165) is 22.4 Å². The molecule has 0 saturated carbocycles. The van der Waals surface area contributed by atoms with Crippen molar-refractivity contribution in [3.63, 3.8) is 0 Å². The summed E-state index contributed by atoms with van der Waals surface area (Å²) in [4.78, 5) is 4.07. The number of benzene rings is 2. The van der Waals surface area contributed by atoms with Crippen LogP contribution in [-0.2, 0) is 12.2 Å². The van der Waals surface area contributed by atoms with Crippen LogP contribution in [0.3, 0.4) is 0 Å². The molecule has 3 aromatic rings. The van der Waals surface area contributed by atoms with Crippen molar-refractivity contribution in [3.8, 4) is 5.75 Å². The molecule has 1 atom stereocenters. The molecule has 0 radical (unpaired) electrons. The molecule has 0 fully saturated rings. The second kappa shape index (κ2) is 7.30. The van der Waals surface area contributed by atoms with Gasteiger partial charge in [-0.15, -0.1) is 0 Å². The molecule has 0 aliphatic carbocycles. The number of aliphatic hydroxyl groups is 1. The molecule has 0 bridgehead atoms. The third kappa shape index (κ3) is 3.63. The Bertz CT molecular complexity index is 824. The maximum absolute atomic E-state index is 11.6. The van der Waals surface area contributed by atoms with Crippen molar-refractivity contribution in [1.29, 1.82) is 0 Å². The minimum Gasteiger partial charge on any atom is -0.489 e. The molecule has 0 amide bonds. The largest absolute Gasteiger partial charge is 0.489 e. The van der Waals surface area contributed by atoms with E-state index in [2.05, 4.69) is 4.98 Å². The van der Waals surface area contributed by atoms with E-state index in [1.807, 2.05) is 87.5 Å². The molecule has 3 heteroatoms. The quantitative estimate of drug-likeness (QED) is 0.710. The van der Waals surface area contributed by atoms with Gasteiger partial charge in [-0.3, -0.25) is 4.98 Å². The summed E-state index contributed by atoms with van der Waals surface area (Å²) in [6, 6.07) is 21.5. The summed E-state index contributed by atoms with van der Waals surface area (Å²) in [6.07, 6.45) is 3.42. The molecule has 2 aromatic carbocycles. The number of aromatic nitrogens is 1. The lowest BCUT2D eigenvalue weighted by Gasteiger charge is -2.41. The smallest absolute Gasteiger partial charge is 0.119 e. The van der Waals surface area contributed by atoms with Gasteiger partial charge in [0.15, 0.2) is 0 Å². The van der Waals surface area contributed by atoms with Crippen LogP contribution in [0.25, 0.3) is 0 Å². The molecular weight excluding hydrogens is 322 g/mol. The zero-order chi connectivity index (χ0) is 18.6. The average Bonchev–Trinajstić information content (AvgIpc) is 2.67. The van der Waals surface area contributed by atoms with Gasteiger partial charge in [-0.05, 0) is 46.4 Å². The minimum atomic E-state index is -1.12. The average molecular weight is 347 g/mol. The van der Waals surface area contributed by atoms with E-state index in [-0.39, 0.29) is 5.41 Å². The van der Waals surface area contributed by atoms with Crippen LogP contribution < -0.4 is 4.74 Å². The summed E-state index contributed by atoms with van der Waals surface area (Å²) >= 11 is 0. The lowest BCUT2D eigenvalue weighted by molar-refractivity contribution is -0.0260. The molecule has 134 valence electrons. The van der Waals surface area contributed by atoms with Gasteiger partial charge in [-0.25, -0.2) is 0 Å². The Balaban J connectivity index is 1.85. The second-order valence-corrected chi connectivity index (χ2v) is 7.49. The molecule has 1 aromatic heterocycles. The predicted octanol–water partition coefficient (Wildman–Crippen LogP) is 4.94. The lowest BCUT2D eigenvalue weighted by Crippen LogP contribution is -2.41. The first-order valence-electron chi connectivity index (χ1n) is 8.81. The molecule has 0 spiro atoms. The molecule has 0 saturated heterocycles. The Morgan fingerprint density at radius 3 is 1.96 bits per heavy atom. The van der Waals surface area contributed by atoms with Gasteiger partial charge in [-0.2, -0.15) is 0 Å². The highest BCUT2D eigenvalue weighted by atomic mass is 16.5. The van der Waals surface area contributed by atoms with E-state index in [4.69, 9.17) is 4.74 Å². The molecule has 1 N–H and O–H groups in total. The van der Waals surface area contributed by atoms with Gasteiger partial charge in [0.1, 0.15) is 18.0 Å². The fourth-order valence-corrected chi connectivity index (χ4v) is 3.16. The van der Waals surface area contributed by atoms with Crippen LogP contribution in [0.4, 0.5) is 0 Å². The monoisotopic (exact) mass is 347 g/mol. The van der Waals surface area contributed by atoms with Gasteiger partial charge < -0.3 is 9.84 Å². The van der Waals surface area contributed by atoms with E-state index in [1.165, 1.54) is 0 Å². The summed E-state index contributed by atoms with van der Waals surface area (Å²) in [6.45, 7) is 6.63. The molecule has 1 unspecified atom stereocenters. The Morgan fingerprint density at radius 2 is 1.38 bits per heavy atom. The minimum absolute atomic E-state index is 0.388. The van der Waals surface area contributed by atoms with Gasteiger partial charge >= 0.3 is 0 Å². The van der Waals surface area contributed by atoms with E-state index >= 15 is 0 Å². The van der Waals surface area contributed by atoms with Gasteiger partial charge in [0.05, 0.1) is 0 Å². The van der Waals surface area contributed by atoms with Crippen LogP contribution in [0.2, 0.25) is 0 Å². The highest BCUT2D eigenvalue weighted by molar-refractivity contribution is 5.40. The summed E-state index contributed by atoms with van der Waals surface area (Å²) < 4.78 is 5.86. The van der Waals surface area contributed by atoms with Gasteiger partial charge in [-0.1, -0.05) is 63.2 Å². The number of hydrogen-bond acceptors (Lipinski definition) is 3. The van der Waals surface area contributed by atoms with E-state index < -0.39 is 5.60 Å². The van der Waals surface area contributed by atoms with E-state index in [1.54, 1.807) is 12.4 Å². The molecule has 3 rings (SSSR count). The summed E-state index contributed by atoms with van der Waals surface area (Å²) in [5.41, 5.74) is 1.29. The Morgan fingerprint density at radius 1 is 0.808 bits per heavy atom. The first-order chi connectivity index (χ1) is 12.4. The SMILES string of the molecule is CC(C)(C)C(O)(c1ccncc1)c1ccc(OCc2ccccc2)cc1. The number of hydrogen-bond donors (Lipinski definition) is 1. The highest BCUT2D eigenvalue weighted by Crippen LogP contribution is 2.44. The maximum Gasteiger partial charge on any atom is 0.119 e. The van der Waals surface area contributed by atoms with Crippen molar-refractivity contribution in [2.24, 2.45) is 5.41 Å². The maximum atomic E-state index is 11.6. The Labute approximate surface area is 155 Å². The molecule has 0 aliphatic heterocycles. The molecular formula is C23H25NO2. The van der Waals surface area contributed by atoms with E-state index in [9.17, 15) is 5.11 Å². The summed E-state index contributed by atoms with van der Waals surface area (Å²) in [5, 5.41) is 11.6. The first kappa shape index (κ1) is 18.2. The zero-order valence-electron chi connectivity index (χ0n) is 15.5. The molecule has 3 nitrogen and oxygen atoms in total. The third-order valence-electron chi connectivity index (χ3n) is 4.70. The summed E-state index contributed by atoms with van der Waals surface area (Å²) in [7, 11) is 0. The lowest BCUT2D eigenvalue weighted by atomic mass is 9.68. The van der Waals surface area contributed by atoms with Crippen LogP contribution in [-0.4, -0.2) is 10.1 Å². The topological polar surface area (TPSA) is 42.4 Å². The van der Waals surface area contributed by atoms with Crippen LogP contribution in [0.5, 0.6) is 5.75 Å². The molecule has 1 heterocycles. The standard InChI is InChI=1S/C23H25NO2/c1-22(2,3)23(25,20-13-15-24-16-14-20)19-9-11-21(12-10-19)26-17-18-7-5-4-6-8-18/h4-16,25H,17H2,1-3H3. The highest BCUT2D eigenvalue weighted by Gasteiger charge is 2.43. The molecule has 0 aliphatic rings. The van der Waals surface area contributed by atoms with E-state index in [0.29, 0.717) is 6.61 Å². The van der Waals surface area contributed by atoms with Gasteiger partial charge in [0.25, 0.3) is 0 Å². The Kier molecular flexibility index (Phi) is 5.10. The van der Waals surface area contributed by atoms with Crippen LogP contribution in [0.15, 0.2) is 79.1 Å². The van der Waals surface area contributed by atoms with Crippen LogP contribution in [0.1, 0.15) is 37.5 Å². The van der Waals surface area contributed by atoms with Crippen molar-refractivity contribution in [1.82, 2.24) is 4.98 Å². The van der Waals surface area contributed by atoms with Crippen LogP contribution in [0, 0.1) is 5.41 Å². The predicted molar refractivity (Wildman–Crippen MR) is 104 cm³/mol. The second-order valence-electron chi connectivity index (χ2n) is 7.49. The summed E-state index contributed by atoms with van der Waals surface area (Å²) in [5.74, 6) is 0.781. The van der Waals surface area contributed by atoms with Crippen molar-refractivity contribution in [2.45, 2.75) is 33.0 Å². The van der Waals surface area contributed by atoms with Crippen molar-refractivity contribution < 1.29 is 9.84 Å². The van der Waals surface area contributed by atoms with Crippen molar-refractivity contribution in [2.75, 3.05) is 0 Å². The van der Waals surface area contributed by atoms with Crippen molar-refractivity contribution >= 4 is 0 Å². The fraction of sp³-hybridized carbons (Fsp3) is 0.261. The number of rotatable bonds is 5. The zero-order valence-corrected chi connectivity index (χ0v) is 15.5. The number of ether oxygens (including phenoxy) is 1. The fourth-order valence-electron chi connectivity index (χ4n) is 3.16. The normalized spacial score (nSPS) is 13.8.